The molecule has 0 unspecified atom stereocenters. The van der Waals surface area contributed by atoms with Crippen molar-refractivity contribution in [3.05, 3.63) is 23.8 Å². The monoisotopic (exact) mass is 321 g/mol. The fraction of sp³-hybridized carbons (Fsp3) is 0.556. The fourth-order valence-electron chi connectivity index (χ4n) is 2.11. The molecule has 0 aromatic heterocycles. The van der Waals surface area contributed by atoms with Crippen LogP contribution in [0.25, 0.3) is 0 Å². The number of carbonyl (C=O) groups is 2. The van der Waals surface area contributed by atoms with Gasteiger partial charge in [0, 0.05) is 18.9 Å². The SMILES string of the molecule is COc1ccc(CC(=O)CC(C)C)c(NC(=O)OC(C)(C)C)c1. The van der Waals surface area contributed by atoms with Crippen LogP contribution in [-0.2, 0) is 16.0 Å². The number of methoxy groups -OCH3 is 1. The average Bonchev–Trinajstić information content (AvgIpc) is 2.37. The number of nitrogens with one attached hydrogen (secondary N) is 1. The van der Waals surface area contributed by atoms with E-state index in [4.69, 9.17) is 9.47 Å². The fourth-order valence-corrected chi connectivity index (χ4v) is 2.11. The Kier molecular flexibility index (Phi) is 6.61. The molecular weight excluding hydrogens is 294 g/mol. The number of ether oxygens (including phenoxy) is 2. The van der Waals surface area contributed by atoms with E-state index in [1.54, 1.807) is 46.1 Å². The Morgan fingerprint density at radius 2 is 1.87 bits per heavy atom. The maximum Gasteiger partial charge on any atom is 0.412 e. The van der Waals surface area contributed by atoms with E-state index in [0.29, 0.717) is 23.8 Å². The molecule has 0 aliphatic heterocycles. The molecule has 1 aromatic rings. The molecule has 0 bridgehead atoms. The van der Waals surface area contributed by atoms with Crippen LogP contribution in [0.2, 0.25) is 0 Å². The number of hydrogen-bond donors (Lipinski definition) is 1. The van der Waals surface area contributed by atoms with Gasteiger partial charge in [0.25, 0.3) is 0 Å². The van der Waals surface area contributed by atoms with Crippen molar-refractivity contribution in [1.82, 2.24) is 0 Å². The van der Waals surface area contributed by atoms with Gasteiger partial charge in [-0.3, -0.25) is 10.1 Å². The predicted molar refractivity (Wildman–Crippen MR) is 91.0 cm³/mol. The summed E-state index contributed by atoms with van der Waals surface area (Å²) < 4.78 is 10.4. The van der Waals surface area contributed by atoms with Crippen molar-refractivity contribution in [2.45, 2.75) is 53.1 Å². The molecule has 0 spiro atoms. The van der Waals surface area contributed by atoms with E-state index in [1.165, 1.54) is 0 Å². The first kappa shape index (κ1) is 19.0. The molecule has 0 saturated heterocycles. The van der Waals surface area contributed by atoms with Gasteiger partial charge in [-0.2, -0.15) is 0 Å². The second-order valence-electron chi connectivity index (χ2n) is 6.96. The minimum atomic E-state index is -0.587. The van der Waals surface area contributed by atoms with Gasteiger partial charge >= 0.3 is 6.09 Å². The first-order chi connectivity index (χ1) is 10.6. The van der Waals surface area contributed by atoms with Crippen molar-refractivity contribution in [3.63, 3.8) is 0 Å². The van der Waals surface area contributed by atoms with Crippen LogP contribution in [0, 0.1) is 5.92 Å². The molecule has 5 heteroatoms. The van der Waals surface area contributed by atoms with E-state index >= 15 is 0 Å². The molecule has 0 radical (unpaired) electrons. The Morgan fingerprint density at radius 3 is 2.39 bits per heavy atom. The Labute approximate surface area is 138 Å². The third kappa shape index (κ3) is 7.17. The summed E-state index contributed by atoms with van der Waals surface area (Å²) in [6, 6.07) is 5.27. The molecule has 0 saturated carbocycles. The summed E-state index contributed by atoms with van der Waals surface area (Å²) in [4.78, 5) is 24.1. The molecule has 1 aromatic carbocycles. The summed E-state index contributed by atoms with van der Waals surface area (Å²) in [5.74, 6) is 1.05. The van der Waals surface area contributed by atoms with Gasteiger partial charge in [-0.1, -0.05) is 19.9 Å². The third-order valence-electron chi connectivity index (χ3n) is 2.98. The minimum absolute atomic E-state index is 0.136. The second kappa shape index (κ2) is 7.99. The summed E-state index contributed by atoms with van der Waals surface area (Å²) in [6.45, 7) is 9.40. The number of Topliss-reactive ketones (excluding diaryl/α,β-unsaturated/α-hetero) is 1. The highest BCUT2D eigenvalue weighted by atomic mass is 16.6. The van der Waals surface area contributed by atoms with Crippen molar-refractivity contribution in [2.24, 2.45) is 5.92 Å². The van der Waals surface area contributed by atoms with Crippen molar-refractivity contribution < 1.29 is 19.1 Å². The summed E-state index contributed by atoms with van der Waals surface area (Å²) in [5.41, 5.74) is 0.703. The molecule has 5 nitrogen and oxygen atoms in total. The van der Waals surface area contributed by atoms with Crippen molar-refractivity contribution >= 4 is 17.6 Å². The number of rotatable bonds is 6. The van der Waals surface area contributed by atoms with Gasteiger partial charge in [-0.25, -0.2) is 4.79 Å². The van der Waals surface area contributed by atoms with Crippen molar-refractivity contribution in [3.8, 4) is 5.75 Å². The number of carbonyl (C=O) groups excluding carboxylic acids is 2. The highest BCUT2D eigenvalue weighted by Gasteiger charge is 2.18. The Balaban J connectivity index is 2.93. The molecule has 1 rings (SSSR count). The Hall–Kier alpha value is -2.04. The zero-order valence-electron chi connectivity index (χ0n) is 14.9. The number of anilines is 1. The molecular formula is C18H27NO4. The predicted octanol–water partition coefficient (Wildman–Crippen LogP) is 4.20. The summed E-state index contributed by atoms with van der Waals surface area (Å²) >= 11 is 0. The van der Waals surface area contributed by atoms with Crippen molar-refractivity contribution in [1.29, 1.82) is 0 Å². The topological polar surface area (TPSA) is 64.6 Å². The van der Waals surface area contributed by atoms with Gasteiger partial charge < -0.3 is 9.47 Å². The zero-order valence-corrected chi connectivity index (χ0v) is 14.9. The summed E-state index contributed by atoms with van der Waals surface area (Å²) in [6.07, 6.45) is 0.230. The molecule has 0 aliphatic rings. The molecule has 128 valence electrons. The molecule has 0 aliphatic carbocycles. The average molecular weight is 321 g/mol. The normalized spacial score (nSPS) is 11.3. The van der Waals surface area contributed by atoms with Crippen LogP contribution in [0.3, 0.4) is 0 Å². The van der Waals surface area contributed by atoms with Gasteiger partial charge in [0.1, 0.15) is 17.1 Å². The van der Waals surface area contributed by atoms with Crippen molar-refractivity contribution in [2.75, 3.05) is 12.4 Å². The molecule has 1 amide bonds. The Bertz CT molecular complexity index is 559. The molecule has 1 N–H and O–H groups in total. The lowest BCUT2D eigenvalue weighted by Gasteiger charge is -2.20. The van der Waals surface area contributed by atoms with E-state index in [2.05, 4.69) is 5.32 Å². The maximum absolute atomic E-state index is 12.1. The van der Waals surface area contributed by atoms with E-state index < -0.39 is 11.7 Å². The number of amides is 1. The van der Waals surface area contributed by atoms with Crippen LogP contribution in [0.5, 0.6) is 5.75 Å². The lowest BCUT2D eigenvalue weighted by Crippen LogP contribution is -2.27. The number of hydrogen-bond acceptors (Lipinski definition) is 4. The molecule has 0 fully saturated rings. The highest BCUT2D eigenvalue weighted by Crippen LogP contribution is 2.24. The first-order valence-electron chi connectivity index (χ1n) is 7.79. The molecule has 23 heavy (non-hydrogen) atoms. The van der Waals surface area contributed by atoms with Gasteiger partial charge in [0.05, 0.1) is 12.8 Å². The standard InChI is InChI=1S/C18H27NO4/c1-12(2)9-14(20)10-13-7-8-15(22-6)11-16(13)19-17(21)23-18(3,4)5/h7-8,11-12H,9-10H2,1-6H3,(H,19,21). The van der Waals surface area contributed by atoms with Crippen LogP contribution in [0.15, 0.2) is 18.2 Å². The second-order valence-corrected chi connectivity index (χ2v) is 6.96. The summed E-state index contributed by atoms with van der Waals surface area (Å²) in [5, 5.41) is 2.71. The van der Waals surface area contributed by atoms with Gasteiger partial charge in [-0.05, 0) is 38.3 Å². The van der Waals surface area contributed by atoms with Gasteiger partial charge in [0.15, 0.2) is 0 Å². The first-order valence-corrected chi connectivity index (χ1v) is 7.79. The van der Waals surface area contributed by atoms with E-state index in [1.807, 2.05) is 13.8 Å². The lowest BCUT2D eigenvalue weighted by molar-refractivity contribution is -0.119. The van der Waals surface area contributed by atoms with Crippen LogP contribution < -0.4 is 10.1 Å². The lowest BCUT2D eigenvalue weighted by atomic mass is 10.00. The number of ketones is 1. The molecule has 0 heterocycles. The highest BCUT2D eigenvalue weighted by molar-refractivity contribution is 5.89. The minimum Gasteiger partial charge on any atom is -0.497 e. The van der Waals surface area contributed by atoms with Gasteiger partial charge in [-0.15, -0.1) is 0 Å². The largest absolute Gasteiger partial charge is 0.497 e. The van der Waals surface area contributed by atoms with Crippen LogP contribution in [-0.4, -0.2) is 24.6 Å². The summed E-state index contributed by atoms with van der Waals surface area (Å²) in [7, 11) is 1.55. The third-order valence-corrected chi connectivity index (χ3v) is 2.98. The van der Waals surface area contributed by atoms with Gasteiger partial charge in [0.2, 0.25) is 0 Å². The zero-order chi connectivity index (χ0) is 17.6. The quantitative estimate of drug-likeness (QED) is 0.853. The number of benzene rings is 1. The molecule has 0 atom stereocenters. The Morgan fingerprint density at radius 1 is 1.22 bits per heavy atom. The smallest absolute Gasteiger partial charge is 0.412 e. The van der Waals surface area contributed by atoms with Crippen LogP contribution in [0.1, 0.15) is 46.6 Å². The van der Waals surface area contributed by atoms with Crippen LogP contribution >= 0.6 is 0 Å². The maximum atomic E-state index is 12.1. The van der Waals surface area contributed by atoms with E-state index in [-0.39, 0.29) is 12.2 Å². The van der Waals surface area contributed by atoms with Crippen LogP contribution in [0.4, 0.5) is 10.5 Å². The van der Waals surface area contributed by atoms with E-state index in [0.717, 1.165) is 5.56 Å². The van der Waals surface area contributed by atoms with E-state index in [9.17, 15) is 9.59 Å².